The normalized spacial score (nSPS) is 20.5. The molecule has 8 heteroatoms. The van der Waals surface area contributed by atoms with Crippen LogP contribution in [0.5, 0.6) is 5.75 Å². The Labute approximate surface area is 149 Å². The molecule has 1 heterocycles. The molecule has 2 rings (SSSR count). The van der Waals surface area contributed by atoms with Crippen LogP contribution in [0, 0.1) is 5.41 Å². The van der Waals surface area contributed by atoms with Crippen LogP contribution in [0.25, 0.3) is 0 Å². The number of benzene rings is 1. The maximum Gasteiger partial charge on any atom is 0.416 e. The number of carboxylic acids is 1. The highest BCUT2D eigenvalue weighted by Crippen LogP contribution is 2.35. The van der Waals surface area contributed by atoms with Gasteiger partial charge in [-0.2, -0.15) is 13.2 Å². The Balaban J connectivity index is 2.38. The van der Waals surface area contributed by atoms with Gasteiger partial charge in [-0.25, -0.2) is 0 Å². The molecule has 1 saturated heterocycles. The van der Waals surface area contributed by atoms with E-state index in [-0.39, 0.29) is 31.0 Å². The first-order valence-electron chi connectivity index (χ1n) is 8.06. The van der Waals surface area contributed by atoms with Crippen molar-refractivity contribution in [1.82, 2.24) is 4.90 Å². The van der Waals surface area contributed by atoms with Crippen LogP contribution in [0.4, 0.5) is 13.2 Å². The topological polar surface area (TPSA) is 66.8 Å². The van der Waals surface area contributed by atoms with Gasteiger partial charge >= 0.3 is 12.1 Å². The van der Waals surface area contributed by atoms with Gasteiger partial charge in [0.05, 0.1) is 16.5 Å². The van der Waals surface area contributed by atoms with Crippen LogP contribution in [0.2, 0.25) is 0 Å². The predicted octanol–water partition coefficient (Wildman–Crippen LogP) is 3.60. The molecule has 0 spiro atoms. The zero-order valence-corrected chi connectivity index (χ0v) is 14.3. The second-order valence-corrected chi connectivity index (χ2v) is 6.50. The highest BCUT2D eigenvalue weighted by atomic mass is 19.4. The largest absolute Gasteiger partial charge is 0.489 e. The standard InChI is InChI=1S/C18H20F3NO4/c1-3-9-26-14-6-5-12(18(19,20)21)10-13(14)15(23)22-8-4-7-17(2,11-22)16(24)25/h3,5-6,10H,1,4,7-9,11H2,2H3,(H,24,25). The number of amides is 1. The molecule has 1 unspecified atom stereocenters. The lowest BCUT2D eigenvalue weighted by Gasteiger charge is -2.37. The van der Waals surface area contributed by atoms with Crippen molar-refractivity contribution in [2.75, 3.05) is 19.7 Å². The summed E-state index contributed by atoms with van der Waals surface area (Å²) < 4.78 is 44.4. The second kappa shape index (κ2) is 7.39. The molecule has 1 aliphatic rings. The molecule has 1 atom stereocenters. The zero-order chi connectivity index (χ0) is 19.5. The second-order valence-electron chi connectivity index (χ2n) is 6.50. The van der Waals surface area contributed by atoms with Crippen LogP contribution in [0.15, 0.2) is 30.9 Å². The van der Waals surface area contributed by atoms with Gasteiger partial charge < -0.3 is 14.7 Å². The number of carbonyl (C=O) groups is 2. The summed E-state index contributed by atoms with van der Waals surface area (Å²) in [5.41, 5.74) is -2.33. The van der Waals surface area contributed by atoms with Crippen LogP contribution in [0.1, 0.15) is 35.7 Å². The van der Waals surface area contributed by atoms with Crippen LogP contribution >= 0.6 is 0 Å². The van der Waals surface area contributed by atoms with Crippen molar-refractivity contribution in [3.8, 4) is 5.75 Å². The number of rotatable bonds is 5. The number of halogens is 3. The molecule has 0 saturated carbocycles. The molecule has 26 heavy (non-hydrogen) atoms. The van der Waals surface area contributed by atoms with Crippen molar-refractivity contribution in [2.45, 2.75) is 25.9 Å². The Morgan fingerprint density at radius 3 is 2.69 bits per heavy atom. The number of alkyl halides is 3. The summed E-state index contributed by atoms with van der Waals surface area (Å²) in [4.78, 5) is 25.6. The van der Waals surface area contributed by atoms with E-state index in [2.05, 4.69) is 6.58 Å². The fraction of sp³-hybridized carbons (Fsp3) is 0.444. The summed E-state index contributed by atoms with van der Waals surface area (Å²) in [6.07, 6.45) is -2.34. The number of hydrogen-bond donors (Lipinski definition) is 1. The Kier molecular flexibility index (Phi) is 5.63. The highest BCUT2D eigenvalue weighted by Gasteiger charge is 2.40. The van der Waals surface area contributed by atoms with E-state index >= 15 is 0 Å². The predicted molar refractivity (Wildman–Crippen MR) is 88.0 cm³/mol. The monoisotopic (exact) mass is 371 g/mol. The molecule has 5 nitrogen and oxygen atoms in total. The fourth-order valence-electron chi connectivity index (χ4n) is 2.91. The summed E-state index contributed by atoms with van der Waals surface area (Å²) >= 11 is 0. The van der Waals surface area contributed by atoms with Gasteiger partial charge in [0.1, 0.15) is 12.4 Å². The third-order valence-electron chi connectivity index (χ3n) is 4.39. The number of ether oxygens (including phenoxy) is 1. The highest BCUT2D eigenvalue weighted by molar-refractivity contribution is 5.97. The number of carboxylic acid groups (broad SMARTS) is 1. The molecule has 1 fully saturated rings. The van der Waals surface area contributed by atoms with Crippen molar-refractivity contribution in [2.24, 2.45) is 5.41 Å². The summed E-state index contributed by atoms with van der Waals surface area (Å²) in [6, 6.07) is 2.68. The summed E-state index contributed by atoms with van der Waals surface area (Å²) in [5, 5.41) is 9.37. The summed E-state index contributed by atoms with van der Waals surface area (Å²) in [7, 11) is 0. The van der Waals surface area contributed by atoms with Gasteiger partial charge in [-0.05, 0) is 38.0 Å². The molecule has 1 N–H and O–H groups in total. The minimum Gasteiger partial charge on any atom is -0.489 e. The van der Waals surface area contributed by atoms with Crippen molar-refractivity contribution >= 4 is 11.9 Å². The molecule has 0 aromatic heterocycles. The van der Waals surface area contributed by atoms with E-state index in [0.717, 1.165) is 18.2 Å². The number of aliphatic carboxylic acids is 1. The van der Waals surface area contributed by atoms with E-state index in [1.54, 1.807) is 0 Å². The van der Waals surface area contributed by atoms with Gasteiger partial charge in [0.2, 0.25) is 0 Å². The SMILES string of the molecule is C=CCOc1ccc(C(F)(F)F)cc1C(=O)N1CCCC(C)(C(=O)O)C1. The Morgan fingerprint density at radius 1 is 1.42 bits per heavy atom. The number of hydrogen-bond acceptors (Lipinski definition) is 3. The van der Waals surface area contributed by atoms with Gasteiger partial charge in [-0.15, -0.1) is 0 Å². The van der Waals surface area contributed by atoms with Gasteiger partial charge in [0.15, 0.2) is 0 Å². The van der Waals surface area contributed by atoms with Gasteiger partial charge in [-0.3, -0.25) is 9.59 Å². The maximum absolute atomic E-state index is 13.0. The molecule has 1 aliphatic heterocycles. The molecule has 0 radical (unpaired) electrons. The van der Waals surface area contributed by atoms with Crippen molar-refractivity contribution < 1.29 is 32.6 Å². The number of carbonyl (C=O) groups excluding carboxylic acids is 1. The minimum atomic E-state index is -4.61. The van der Waals surface area contributed by atoms with E-state index in [1.165, 1.54) is 17.9 Å². The Hall–Kier alpha value is -2.51. The van der Waals surface area contributed by atoms with E-state index < -0.39 is 29.0 Å². The summed E-state index contributed by atoms with van der Waals surface area (Å²) in [5.74, 6) is -1.71. The third kappa shape index (κ3) is 4.17. The molecule has 142 valence electrons. The molecule has 1 aromatic carbocycles. The summed E-state index contributed by atoms with van der Waals surface area (Å²) in [6.45, 7) is 5.23. The van der Waals surface area contributed by atoms with Crippen molar-refractivity contribution in [1.29, 1.82) is 0 Å². The lowest BCUT2D eigenvalue weighted by molar-refractivity contribution is -0.150. The van der Waals surface area contributed by atoms with Crippen molar-refractivity contribution in [3.05, 3.63) is 42.0 Å². The Morgan fingerprint density at radius 2 is 2.12 bits per heavy atom. The van der Waals surface area contributed by atoms with Gasteiger partial charge in [0.25, 0.3) is 5.91 Å². The first-order valence-corrected chi connectivity index (χ1v) is 8.06. The smallest absolute Gasteiger partial charge is 0.416 e. The first-order chi connectivity index (χ1) is 12.1. The van der Waals surface area contributed by atoms with Gasteiger partial charge in [0, 0.05) is 13.1 Å². The molecular formula is C18H20F3NO4. The average molecular weight is 371 g/mol. The molecule has 1 aromatic rings. The third-order valence-corrected chi connectivity index (χ3v) is 4.39. The zero-order valence-electron chi connectivity index (χ0n) is 14.3. The molecule has 1 amide bonds. The van der Waals surface area contributed by atoms with Crippen molar-refractivity contribution in [3.63, 3.8) is 0 Å². The maximum atomic E-state index is 13.0. The number of nitrogens with zero attached hydrogens (tertiary/aromatic N) is 1. The quantitative estimate of drug-likeness (QED) is 0.803. The van der Waals surface area contributed by atoms with Crippen LogP contribution < -0.4 is 4.74 Å². The number of piperidine rings is 1. The van der Waals surface area contributed by atoms with E-state index in [9.17, 15) is 27.9 Å². The molecular weight excluding hydrogens is 351 g/mol. The van der Waals surface area contributed by atoms with E-state index in [0.29, 0.717) is 12.8 Å². The average Bonchev–Trinajstić information content (AvgIpc) is 2.58. The Bertz CT molecular complexity index is 717. The lowest BCUT2D eigenvalue weighted by Crippen LogP contribution is -2.48. The van der Waals surface area contributed by atoms with Crippen LogP contribution in [-0.2, 0) is 11.0 Å². The lowest BCUT2D eigenvalue weighted by atomic mass is 9.82. The van der Waals surface area contributed by atoms with Gasteiger partial charge in [-0.1, -0.05) is 12.7 Å². The van der Waals surface area contributed by atoms with E-state index in [4.69, 9.17) is 4.74 Å². The minimum absolute atomic E-state index is 0.00509. The van der Waals surface area contributed by atoms with E-state index in [1.807, 2.05) is 0 Å². The van der Waals surface area contributed by atoms with Crippen LogP contribution in [0.3, 0.4) is 0 Å². The van der Waals surface area contributed by atoms with Crippen LogP contribution in [-0.4, -0.2) is 41.6 Å². The molecule has 0 aliphatic carbocycles. The first kappa shape index (κ1) is 19.8. The fourth-order valence-corrected chi connectivity index (χ4v) is 2.91. The molecule has 0 bridgehead atoms. The number of likely N-dealkylation sites (tertiary alicyclic amines) is 1.